The van der Waals surface area contributed by atoms with Gasteiger partial charge < -0.3 is 9.84 Å². The smallest absolute Gasteiger partial charge is 0.300 e. The predicted molar refractivity (Wildman–Crippen MR) is 142 cm³/mol. The molecule has 1 saturated heterocycles. The topological polar surface area (TPSA) is 66.8 Å². The Morgan fingerprint density at radius 2 is 1.74 bits per heavy atom. The lowest BCUT2D eigenvalue weighted by Gasteiger charge is -2.26. The van der Waals surface area contributed by atoms with E-state index >= 15 is 0 Å². The third-order valence-electron chi connectivity index (χ3n) is 5.93. The first-order chi connectivity index (χ1) is 16.7. The van der Waals surface area contributed by atoms with Gasteiger partial charge >= 0.3 is 0 Å². The number of anilines is 1. The molecule has 0 radical (unpaired) electrons. The third kappa shape index (κ3) is 5.03. The molecule has 180 valence electrons. The van der Waals surface area contributed by atoms with Gasteiger partial charge in [-0.3, -0.25) is 14.5 Å². The molecule has 0 aliphatic carbocycles. The molecule has 4 rings (SSSR count). The number of ketones is 1. The fourth-order valence-corrected chi connectivity index (χ4v) is 4.41. The van der Waals surface area contributed by atoms with Gasteiger partial charge in [-0.05, 0) is 67.3 Å². The molecule has 35 heavy (non-hydrogen) atoms. The van der Waals surface area contributed by atoms with Gasteiger partial charge in [-0.25, -0.2) is 0 Å². The lowest BCUT2D eigenvalue weighted by Crippen LogP contribution is -2.29. The summed E-state index contributed by atoms with van der Waals surface area (Å²) in [6.45, 7) is 8.58. The van der Waals surface area contributed by atoms with Crippen molar-refractivity contribution < 1.29 is 19.4 Å². The highest BCUT2D eigenvalue weighted by molar-refractivity contribution is 9.10. The monoisotopic (exact) mass is 533 g/mol. The van der Waals surface area contributed by atoms with E-state index in [1.54, 1.807) is 36.4 Å². The van der Waals surface area contributed by atoms with Crippen molar-refractivity contribution in [2.75, 3.05) is 11.5 Å². The normalized spacial score (nSPS) is 17.3. The van der Waals surface area contributed by atoms with Crippen LogP contribution in [0.2, 0.25) is 0 Å². The number of hydrogen-bond donors (Lipinski definition) is 1. The van der Waals surface area contributed by atoms with Crippen molar-refractivity contribution in [1.29, 1.82) is 0 Å². The molecule has 5 nitrogen and oxygen atoms in total. The second kappa shape index (κ2) is 10.1. The molecule has 1 amide bonds. The van der Waals surface area contributed by atoms with Crippen LogP contribution in [-0.4, -0.2) is 23.4 Å². The summed E-state index contributed by atoms with van der Waals surface area (Å²) >= 11 is 3.47. The quantitative estimate of drug-likeness (QED) is 0.217. The summed E-state index contributed by atoms with van der Waals surface area (Å²) in [7, 11) is 0. The Bertz CT molecular complexity index is 1310. The van der Waals surface area contributed by atoms with E-state index in [-0.39, 0.29) is 11.3 Å². The van der Waals surface area contributed by atoms with Gasteiger partial charge in [-0.1, -0.05) is 65.7 Å². The van der Waals surface area contributed by atoms with Gasteiger partial charge in [0.1, 0.15) is 11.5 Å². The average molecular weight is 534 g/mol. The van der Waals surface area contributed by atoms with E-state index in [1.165, 1.54) is 4.90 Å². The second-order valence-electron chi connectivity index (χ2n) is 9.25. The number of hydrogen-bond acceptors (Lipinski definition) is 4. The Balaban J connectivity index is 1.84. The fraction of sp³-hybridized carbons (Fsp3) is 0.241. The summed E-state index contributed by atoms with van der Waals surface area (Å²) in [5.74, 6) is -0.505. The van der Waals surface area contributed by atoms with Crippen molar-refractivity contribution in [2.24, 2.45) is 5.92 Å². The number of amides is 1. The number of aryl methyl sites for hydroxylation is 2. The highest BCUT2D eigenvalue weighted by Crippen LogP contribution is 2.42. The molecule has 3 aromatic carbocycles. The van der Waals surface area contributed by atoms with E-state index < -0.39 is 17.7 Å². The maximum Gasteiger partial charge on any atom is 0.300 e. The summed E-state index contributed by atoms with van der Waals surface area (Å²) in [5, 5.41) is 11.3. The molecule has 0 saturated carbocycles. The molecular weight excluding hydrogens is 506 g/mol. The molecule has 6 heteroatoms. The molecule has 0 spiro atoms. The summed E-state index contributed by atoms with van der Waals surface area (Å²) in [5.41, 5.74) is 3.76. The number of rotatable bonds is 6. The lowest BCUT2D eigenvalue weighted by molar-refractivity contribution is -0.132. The van der Waals surface area contributed by atoms with Crippen molar-refractivity contribution >= 4 is 39.1 Å². The number of carbonyl (C=O) groups excluding carboxylic acids is 2. The number of halogens is 1. The Kier molecular flexibility index (Phi) is 7.13. The molecule has 0 bridgehead atoms. The van der Waals surface area contributed by atoms with E-state index in [4.69, 9.17) is 4.74 Å². The van der Waals surface area contributed by atoms with Gasteiger partial charge in [0.2, 0.25) is 0 Å². The fourth-order valence-electron chi connectivity index (χ4n) is 4.17. The van der Waals surface area contributed by atoms with Crippen LogP contribution in [0.15, 0.2) is 76.8 Å². The van der Waals surface area contributed by atoms with Gasteiger partial charge in [0.25, 0.3) is 11.7 Å². The number of ether oxygens (including phenoxy) is 1. The molecular formula is C29H28BrNO4. The first-order valence-corrected chi connectivity index (χ1v) is 12.3. The zero-order valence-electron chi connectivity index (χ0n) is 20.2. The summed E-state index contributed by atoms with van der Waals surface area (Å²) in [6.07, 6.45) is 0. The number of carbonyl (C=O) groups is 2. The molecule has 0 aromatic heterocycles. The first kappa shape index (κ1) is 24.7. The lowest BCUT2D eigenvalue weighted by atomic mass is 9.94. The molecule has 1 aliphatic rings. The van der Waals surface area contributed by atoms with Gasteiger partial charge in [0, 0.05) is 15.7 Å². The molecule has 3 aromatic rings. The van der Waals surface area contributed by atoms with Crippen molar-refractivity contribution in [3.05, 3.63) is 99.0 Å². The molecule has 1 aliphatic heterocycles. The molecule has 1 heterocycles. The van der Waals surface area contributed by atoms with Gasteiger partial charge in [0.15, 0.2) is 0 Å². The number of nitrogens with zero attached hydrogens (tertiary/aromatic N) is 1. The van der Waals surface area contributed by atoms with Gasteiger partial charge in [-0.15, -0.1) is 0 Å². The van der Waals surface area contributed by atoms with Crippen LogP contribution in [0.3, 0.4) is 0 Å². The summed E-state index contributed by atoms with van der Waals surface area (Å²) in [6, 6.07) is 19.4. The van der Waals surface area contributed by atoms with Crippen LogP contribution in [0, 0.1) is 19.8 Å². The minimum absolute atomic E-state index is 0.0717. The highest BCUT2D eigenvalue weighted by atomic mass is 79.9. The van der Waals surface area contributed by atoms with Crippen LogP contribution in [0.5, 0.6) is 5.75 Å². The van der Waals surface area contributed by atoms with Crippen LogP contribution in [0.4, 0.5) is 5.69 Å². The summed E-state index contributed by atoms with van der Waals surface area (Å²) in [4.78, 5) is 28.1. The Morgan fingerprint density at radius 1 is 1.03 bits per heavy atom. The van der Waals surface area contributed by atoms with Crippen LogP contribution in [-0.2, 0) is 9.59 Å². The standard InChI is InChI=1S/C29H28BrNO4/c1-17(2)16-35-23-11-9-22(10-12-23)31-26(20-7-5-6-18(3)14-20)25(28(33)29(31)34)27(32)21-8-13-24(30)19(4)15-21/h5-15,17,26,32H,16H2,1-4H3/b27-25-. The predicted octanol–water partition coefficient (Wildman–Crippen LogP) is 6.73. The zero-order chi connectivity index (χ0) is 25.3. The number of aliphatic hydroxyl groups is 1. The number of Topliss-reactive ketones (excluding diaryl/α,β-unsaturated/α-hetero) is 1. The highest BCUT2D eigenvalue weighted by Gasteiger charge is 2.47. The van der Waals surface area contributed by atoms with Gasteiger partial charge in [-0.2, -0.15) is 0 Å². The SMILES string of the molecule is Cc1cccc(C2/C(=C(/O)c3ccc(Br)c(C)c3)C(=O)C(=O)N2c2ccc(OCC(C)C)cc2)c1. The molecule has 1 atom stereocenters. The van der Waals surface area contributed by atoms with Crippen molar-refractivity contribution in [2.45, 2.75) is 33.7 Å². The molecule has 1 fully saturated rings. The third-order valence-corrected chi connectivity index (χ3v) is 6.82. The van der Waals surface area contributed by atoms with Gasteiger partial charge in [0.05, 0.1) is 18.2 Å². The van der Waals surface area contributed by atoms with Crippen molar-refractivity contribution in [3.63, 3.8) is 0 Å². The molecule has 1 N–H and O–H groups in total. The maximum absolute atomic E-state index is 13.3. The Labute approximate surface area is 214 Å². The van der Waals surface area contributed by atoms with Crippen molar-refractivity contribution in [3.8, 4) is 5.75 Å². The van der Waals surface area contributed by atoms with Crippen molar-refractivity contribution in [1.82, 2.24) is 0 Å². The Hall–Kier alpha value is -3.38. The minimum atomic E-state index is -0.763. The second-order valence-corrected chi connectivity index (χ2v) is 10.1. The Morgan fingerprint density at radius 3 is 2.37 bits per heavy atom. The summed E-state index contributed by atoms with van der Waals surface area (Å²) < 4.78 is 6.67. The first-order valence-electron chi connectivity index (χ1n) is 11.5. The number of aliphatic hydroxyl groups excluding tert-OH is 1. The largest absolute Gasteiger partial charge is 0.507 e. The molecule has 1 unspecified atom stereocenters. The van der Waals surface area contributed by atoms with Crippen LogP contribution >= 0.6 is 15.9 Å². The average Bonchev–Trinajstić information content (AvgIpc) is 3.10. The van der Waals surface area contributed by atoms with Crippen LogP contribution in [0.1, 0.15) is 42.1 Å². The van der Waals surface area contributed by atoms with E-state index in [0.29, 0.717) is 29.5 Å². The minimum Gasteiger partial charge on any atom is -0.507 e. The van der Waals surface area contributed by atoms with E-state index in [9.17, 15) is 14.7 Å². The van der Waals surface area contributed by atoms with Crippen LogP contribution in [0.25, 0.3) is 5.76 Å². The maximum atomic E-state index is 13.3. The van der Waals surface area contributed by atoms with Crippen LogP contribution < -0.4 is 9.64 Å². The van der Waals surface area contributed by atoms with E-state index in [2.05, 4.69) is 29.8 Å². The van der Waals surface area contributed by atoms with E-state index in [0.717, 1.165) is 21.2 Å². The number of benzene rings is 3. The zero-order valence-corrected chi connectivity index (χ0v) is 21.8. The van der Waals surface area contributed by atoms with E-state index in [1.807, 2.05) is 44.2 Å².